The molecule has 0 spiro atoms. The predicted octanol–water partition coefficient (Wildman–Crippen LogP) is 1.29. The number of para-hydroxylation sites is 1. The van der Waals surface area contributed by atoms with Crippen LogP contribution in [0.1, 0.15) is 15.9 Å². The Morgan fingerprint density at radius 2 is 2.27 bits per heavy atom. The summed E-state index contributed by atoms with van der Waals surface area (Å²) >= 11 is 0. The maximum atomic E-state index is 10.9. The first-order chi connectivity index (χ1) is 6.79. The van der Waals surface area contributed by atoms with Gasteiger partial charge in [-0.15, -0.1) is 12.4 Å². The highest BCUT2D eigenvalue weighted by molar-refractivity contribution is 5.91. The Balaban J connectivity index is 0.00000112. The summed E-state index contributed by atoms with van der Waals surface area (Å²) in [5.41, 5.74) is 1.15. The molecular formula is C10H12ClNO3. The van der Waals surface area contributed by atoms with Crippen molar-refractivity contribution in [2.45, 2.75) is 6.54 Å². The number of rotatable bonds is 1. The Labute approximate surface area is 93.7 Å². The zero-order valence-corrected chi connectivity index (χ0v) is 8.84. The lowest BCUT2D eigenvalue weighted by Crippen LogP contribution is -2.16. The van der Waals surface area contributed by atoms with Gasteiger partial charge in [0, 0.05) is 18.7 Å². The number of halogens is 1. The summed E-state index contributed by atoms with van der Waals surface area (Å²) < 4.78 is 5.40. The third kappa shape index (κ3) is 2.40. The second-order valence-electron chi connectivity index (χ2n) is 3.12. The summed E-state index contributed by atoms with van der Waals surface area (Å²) in [6.45, 7) is 1.92. The number of fused-ring (bicyclic) bond motifs is 1. The van der Waals surface area contributed by atoms with Crippen molar-refractivity contribution < 1.29 is 14.6 Å². The molecule has 0 saturated carbocycles. The van der Waals surface area contributed by atoms with Crippen LogP contribution in [0.5, 0.6) is 5.75 Å². The van der Waals surface area contributed by atoms with Crippen molar-refractivity contribution in [3.8, 4) is 5.75 Å². The zero-order valence-electron chi connectivity index (χ0n) is 8.03. The fraction of sp³-hybridized carbons (Fsp3) is 0.300. The van der Waals surface area contributed by atoms with Gasteiger partial charge in [-0.1, -0.05) is 12.1 Å². The van der Waals surface area contributed by atoms with E-state index >= 15 is 0 Å². The van der Waals surface area contributed by atoms with Gasteiger partial charge in [0.1, 0.15) is 17.9 Å². The summed E-state index contributed by atoms with van der Waals surface area (Å²) in [4.78, 5) is 10.9. The zero-order chi connectivity index (χ0) is 9.97. The van der Waals surface area contributed by atoms with E-state index in [0.29, 0.717) is 18.9 Å². The van der Waals surface area contributed by atoms with Crippen LogP contribution in [0.4, 0.5) is 0 Å². The van der Waals surface area contributed by atoms with Crippen molar-refractivity contribution in [2.75, 3.05) is 13.2 Å². The molecule has 0 aromatic heterocycles. The van der Waals surface area contributed by atoms with Gasteiger partial charge in [0.2, 0.25) is 0 Å². The molecule has 82 valence electrons. The molecule has 0 amide bonds. The molecule has 2 rings (SSSR count). The van der Waals surface area contributed by atoms with Gasteiger partial charge in [0.15, 0.2) is 0 Å². The topological polar surface area (TPSA) is 58.6 Å². The third-order valence-electron chi connectivity index (χ3n) is 2.17. The third-order valence-corrected chi connectivity index (χ3v) is 2.17. The first kappa shape index (κ1) is 11.8. The van der Waals surface area contributed by atoms with Crippen molar-refractivity contribution in [1.82, 2.24) is 5.32 Å². The second-order valence-corrected chi connectivity index (χ2v) is 3.12. The lowest BCUT2D eigenvalue weighted by atomic mass is 10.1. The van der Waals surface area contributed by atoms with E-state index in [4.69, 9.17) is 9.84 Å². The number of aromatic carboxylic acids is 1. The molecule has 5 heteroatoms. The van der Waals surface area contributed by atoms with Crippen LogP contribution < -0.4 is 10.1 Å². The number of hydrogen-bond acceptors (Lipinski definition) is 3. The molecule has 0 fully saturated rings. The molecule has 0 bridgehead atoms. The van der Waals surface area contributed by atoms with Crippen LogP contribution in [0.25, 0.3) is 0 Å². The van der Waals surface area contributed by atoms with Crippen LogP contribution >= 0.6 is 12.4 Å². The molecule has 2 N–H and O–H groups in total. The van der Waals surface area contributed by atoms with E-state index in [1.807, 2.05) is 6.07 Å². The van der Waals surface area contributed by atoms with Crippen molar-refractivity contribution in [2.24, 2.45) is 0 Å². The minimum atomic E-state index is -0.941. The molecule has 0 aliphatic carbocycles. The molecular weight excluding hydrogens is 218 g/mol. The Bertz CT molecular complexity index is 368. The highest BCUT2D eigenvalue weighted by Gasteiger charge is 2.16. The van der Waals surface area contributed by atoms with E-state index in [0.717, 1.165) is 12.1 Å². The normalized spacial score (nSPS) is 14.1. The molecule has 0 unspecified atom stereocenters. The molecule has 1 aromatic carbocycles. The van der Waals surface area contributed by atoms with Gasteiger partial charge in [-0.3, -0.25) is 0 Å². The number of ether oxygens (including phenoxy) is 1. The van der Waals surface area contributed by atoms with Gasteiger partial charge in [-0.2, -0.15) is 0 Å². The molecule has 4 nitrogen and oxygen atoms in total. The van der Waals surface area contributed by atoms with Gasteiger partial charge in [-0.05, 0) is 6.07 Å². The minimum absolute atomic E-state index is 0. The van der Waals surface area contributed by atoms with Gasteiger partial charge in [0.25, 0.3) is 0 Å². The molecule has 1 aliphatic rings. The fourth-order valence-corrected chi connectivity index (χ4v) is 1.51. The standard InChI is InChI=1S/C10H11NO3.ClH/c12-10(13)8-3-1-2-7-6-11-4-5-14-9(7)8;/h1-3,11H,4-6H2,(H,12,13);1H. The van der Waals surface area contributed by atoms with Crippen LogP contribution in [-0.2, 0) is 6.54 Å². The number of carbonyl (C=O) groups is 1. The second kappa shape index (κ2) is 5.00. The van der Waals surface area contributed by atoms with Crippen LogP contribution in [-0.4, -0.2) is 24.2 Å². The Morgan fingerprint density at radius 1 is 1.47 bits per heavy atom. The Kier molecular flexibility index (Phi) is 3.94. The Morgan fingerprint density at radius 3 is 3.00 bits per heavy atom. The molecule has 15 heavy (non-hydrogen) atoms. The first-order valence-electron chi connectivity index (χ1n) is 4.48. The summed E-state index contributed by atoms with van der Waals surface area (Å²) in [7, 11) is 0. The van der Waals surface area contributed by atoms with Crippen LogP contribution in [0.15, 0.2) is 18.2 Å². The number of carboxylic acids is 1. The van der Waals surface area contributed by atoms with Crippen molar-refractivity contribution in [3.05, 3.63) is 29.3 Å². The van der Waals surface area contributed by atoms with Gasteiger partial charge >= 0.3 is 5.97 Å². The lowest BCUT2D eigenvalue weighted by molar-refractivity contribution is 0.0692. The van der Waals surface area contributed by atoms with Gasteiger partial charge in [-0.25, -0.2) is 4.79 Å². The fourth-order valence-electron chi connectivity index (χ4n) is 1.51. The largest absolute Gasteiger partial charge is 0.491 e. The lowest BCUT2D eigenvalue weighted by Gasteiger charge is -2.08. The minimum Gasteiger partial charge on any atom is -0.491 e. The van der Waals surface area contributed by atoms with Crippen molar-refractivity contribution in [1.29, 1.82) is 0 Å². The number of benzene rings is 1. The van der Waals surface area contributed by atoms with E-state index in [-0.39, 0.29) is 18.0 Å². The molecule has 1 aromatic rings. The summed E-state index contributed by atoms with van der Waals surface area (Å²) in [6.07, 6.45) is 0. The van der Waals surface area contributed by atoms with Crippen molar-refractivity contribution in [3.63, 3.8) is 0 Å². The quantitative estimate of drug-likeness (QED) is 0.762. The van der Waals surface area contributed by atoms with E-state index < -0.39 is 5.97 Å². The van der Waals surface area contributed by atoms with Crippen LogP contribution in [0.3, 0.4) is 0 Å². The Hall–Kier alpha value is -1.26. The van der Waals surface area contributed by atoms with E-state index in [9.17, 15) is 4.79 Å². The highest BCUT2D eigenvalue weighted by atomic mass is 35.5. The molecule has 0 saturated heterocycles. The smallest absolute Gasteiger partial charge is 0.339 e. The summed E-state index contributed by atoms with van der Waals surface area (Å²) in [5.74, 6) is -0.436. The number of carboxylic acid groups (broad SMARTS) is 1. The monoisotopic (exact) mass is 229 g/mol. The number of nitrogens with one attached hydrogen (secondary N) is 1. The molecule has 1 heterocycles. The van der Waals surface area contributed by atoms with Crippen molar-refractivity contribution >= 4 is 18.4 Å². The van der Waals surface area contributed by atoms with Gasteiger partial charge < -0.3 is 15.2 Å². The average Bonchev–Trinajstić information content (AvgIpc) is 2.41. The average molecular weight is 230 g/mol. The van der Waals surface area contributed by atoms with E-state index in [1.165, 1.54) is 0 Å². The maximum absolute atomic E-state index is 10.9. The van der Waals surface area contributed by atoms with E-state index in [1.54, 1.807) is 12.1 Å². The van der Waals surface area contributed by atoms with Gasteiger partial charge in [0.05, 0.1) is 0 Å². The van der Waals surface area contributed by atoms with Crippen LogP contribution in [0, 0.1) is 0 Å². The first-order valence-corrected chi connectivity index (χ1v) is 4.48. The molecule has 1 aliphatic heterocycles. The maximum Gasteiger partial charge on any atom is 0.339 e. The predicted molar refractivity (Wildman–Crippen MR) is 57.9 cm³/mol. The summed E-state index contributed by atoms with van der Waals surface area (Å²) in [6, 6.07) is 5.17. The number of hydrogen-bond donors (Lipinski definition) is 2. The van der Waals surface area contributed by atoms with Crippen LogP contribution in [0.2, 0.25) is 0 Å². The molecule has 0 radical (unpaired) electrons. The summed E-state index contributed by atoms with van der Waals surface area (Å²) in [5, 5.41) is 12.1. The SMILES string of the molecule is Cl.O=C(O)c1cccc2c1OCCNC2. The highest BCUT2D eigenvalue weighted by Crippen LogP contribution is 2.25. The molecule has 0 atom stereocenters. The van der Waals surface area contributed by atoms with E-state index in [2.05, 4.69) is 5.32 Å².